The number of methoxy groups -OCH3 is 2. The van der Waals surface area contributed by atoms with Gasteiger partial charge in [0.05, 0.1) is 29.6 Å². The molecule has 8 nitrogen and oxygen atoms in total. The molecular formula is C29H28ClN5O3S. The zero-order valence-electron chi connectivity index (χ0n) is 21.7. The number of hydrogen-bond acceptors (Lipinski definition) is 5. The number of hydrogen-bond donors (Lipinski definition) is 2. The molecule has 1 aliphatic heterocycles. The summed E-state index contributed by atoms with van der Waals surface area (Å²) in [7, 11) is 3.12. The third-order valence-corrected chi connectivity index (χ3v) is 7.25. The van der Waals surface area contributed by atoms with Crippen LogP contribution >= 0.6 is 23.8 Å². The molecule has 0 bridgehead atoms. The van der Waals surface area contributed by atoms with Crippen LogP contribution in [0, 0.1) is 6.92 Å². The van der Waals surface area contributed by atoms with Crippen LogP contribution < -0.4 is 20.3 Å². The molecule has 10 heteroatoms. The summed E-state index contributed by atoms with van der Waals surface area (Å²) in [6.45, 7) is 2.01. The lowest BCUT2D eigenvalue weighted by molar-refractivity contribution is -0.119. The summed E-state index contributed by atoms with van der Waals surface area (Å²) in [4.78, 5) is 18.8. The van der Waals surface area contributed by atoms with E-state index in [2.05, 4.69) is 44.1 Å². The Morgan fingerprint density at radius 3 is 2.51 bits per heavy atom. The second-order valence-corrected chi connectivity index (χ2v) is 9.87. The molecule has 2 aromatic carbocycles. The number of carbonyl (C=O) groups excluding carboxylic acids is 1. The number of nitrogens with zero attached hydrogens (tertiary/aromatic N) is 3. The fourth-order valence-corrected chi connectivity index (χ4v) is 5.45. The SMILES string of the molecule is COCC(=O)Nc1ccc(N2C(=S)NC(c3ccccn3)C2c2ccc(C)n2-c2ccc(OC)cc2)cc1Cl. The third-order valence-electron chi connectivity index (χ3n) is 6.62. The number of amides is 1. The quantitative estimate of drug-likeness (QED) is 0.271. The van der Waals surface area contributed by atoms with Gasteiger partial charge in [-0.1, -0.05) is 17.7 Å². The highest BCUT2D eigenvalue weighted by Crippen LogP contribution is 2.44. The summed E-state index contributed by atoms with van der Waals surface area (Å²) in [6.07, 6.45) is 1.78. The fraction of sp³-hybridized carbons (Fsp3) is 0.207. The molecule has 2 atom stereocenters. The topological polar surface area (TPSA) is 80.7 Å². The predicted molar refractivity (Wildman–Crippen MR) is 157 cm³/mol. The Labute approximate surface area is 237 Å². The maximum absolute atomic E-state index is 12.1. The van der Waals surface area contributed by atoms with E-state index in [0.29, 0.717) is 15.8 Å². The Morgan fingerprint density at radius 2 is 1.85 bits per heavy atom. The van der Waals surface area contributed by atoms with Crippen LogP contribution in [0.4, 0.5) is 11.4 Å². The normalized spacial score (nSPS) is 16.7. The van der Waals surface area contributed by atoms with Gasteiger partial charge in [0.25, 0.3) is 0 Å². The highest BCUT2D eigenvalue weighted by Gasteiger charge is 2.42. The van der Waals surface area contributed by atoms with Gasteiger partial charge >= 0.3 is 0 Å². The van der Waals surface area contributed by atoms with E-state index in [1.165, 1.54) is 7.11 Å². The molecular weight excluding hydrogens is 534 g/mol. The first-order valence-electron chi connectivity index (χ1n) is 12.3. The van der Waals surface area contributed by atoms with Gasteiger partial charge in [-0.2, -0.15) is 0 Å². The molecule has 39 heavy (non-hydrogen) atoms. The number of carbonyl (C=O) groups is 1. The van der Waals surface area contributed by atoms with Crippen molar-refractivity contribution < 1.29 is 14.3 Å². The smallest absolute Gasteiger partial charge is 0.250 e. The van der Waals surface area contributed by atoms with Crippen LogP contribution in [0.5, 0.6) is 5.75 Å². The number of aromatic nitrogens is 2. The van der Waals surface area contributed by atoms with E-state index in [4.69, 9.17) is 33.3 Å². The Hall–Kier alpha value is -3.92. The average Bonchev–Trinajstić information content (AvgIpc) is 3.49. The minimum atomic E-state index is -0.286. The summed E-state index contributed by atoms with van der Waals surface area (Å²) in [6, 6.07) is 23.0. The van der Waals surface area contributed by atoms with E-state index in [9.17, 15) is 4.79 Å². The van der Waals surface area contributed by atoms with Gasteiger partial charge in [0.2, 0.25) is 5.91 Å². The molecule has 1 amide bonds. The molecule has 0 radical (unpaired) electrons. The first-order valence-corrected chi connectivity index (χ1v) is 13.1. The number of ether oxygens (including phenoxy) is 2. The van der Waals surface area contributed by atoms with Crippen molar-refractivity contribution in [1.29, 1.82) is 0 Å². The molecule has 4 aromatic rings. The van der Waals surface area contributed by atoms with Crippen molar-refractivity contribution in [1.82, 2.24) is 14.9 Å². The van der Waals surface area contributed by atoms with Crippen LogP contribution in [0.2, 0.25) is 5.02 Å². The van der Waals surface area contributed by atoms with Gasteiger partial charge in [-0.05, 0) is 85.9 Å². The summed E-state index contributed by atoms with van der Waals surface area (Å²) >= 11 is 12.5. The van der Waals surface area contributed by atoms with Gasteiger partial charge in [0.15, 0.2) is 5.11 Å². The first kappa shape index (κ1) is 26.7. The number of pyridine rings is 1. The number of rotatable bonds is 8. The molecule has 200 valence electrons. The van der Waals surface area contributed by atoms with Crippen molar-refractivity contribution in [2.24, 2.45) is 0 Å². The lowest BCUT2D eigenvalue weighted by Gasteiger charge is -2.29. The Morgan fingerprint density at radius 1 is 1.08 bits per heavy atom. The number of aryl methyl sites for hydroxylation is 1. The Bertz CT molecular complexity index is 1490. The second-order valence-electron chi connectivity index (χ2n) is 9.07. The van der Waals surface area contributed by atoms with Gasteiger partial charge < -0.3 is 29.6 Å². The van der Waals surface area contributed by atoms with Crippen molar-refractivity contribution in [3.8, 4) is 11.4 Å². The van der Waals surface area contributed by atoms with E-state index in [1.807, 2.05) is 48.5 Å². The maximum Gasteiger partial charge on any atom is 0.250 e. The van der Waals surface area contributed by atoms with Crippen LogP contribution in [0.3, 0.4) is 0 Å². The van der Waals surface area contributed by atoms with Crippen LogP contribution in [0.1, 0.15) is 29.2 Å². The van der Waals surface area contributed by atoms with Crippen molar-refractivity contribution in [2.45, 2.75) is 19.0 Å². The van der Waals surface area contributed by atoms with E-state index in [0.717, 1.165) is 34.2 Å². The van der Waals surface area contributed by atoms with E-state index in [1.54, 1.807) is 25.4 Å². The zero-order chi connectivity index (χ0) is 27.5. The summed E-state index contributed by atoms with van der Waals surface area (Å²) in [5.74, 6) is 0.500. The van der Waals surface area contributed by atoms with Crippen LogP contribution in [-0.2, 0) is 9.53 Å². The third kappa shape index (κ3) is 5.34. The van der Waals surface area contributed by atoms with Gasteiger partial charge in [-0.3, -0.25) is 9.78 Å². The molecule has 2 N–H and O–H groups in total. The molecule has 1 aliphatic rings. The number of anilines is 2. The average molecular weight is 562 g/mol. The van der Waals surface area contributed by atoms with Gasteiger partial charge in [-0.25, -0.2) is 0 Å². The molecule has 2 aromatic heterocycles. The summed E-state index contributed by atoms with van der Waals surface area (Å²) < 4.78 is 12.5. The van der Waals surface area contributed by atoms with Crippen LogP contribution in [0.15, 0.2) is 79.0 Å². The van der Waals surface area contributed by atoms with E-state index >= 15 is 0 Å². The van der Waals surface area contributed by atoms with Crippen molar-refractivity contribution in [3.63, 3.8) is 0 Å². The summed E-state index contributed by atoms with van der Waals surface area (Å²) in [5.41, 5.74) is 5.24. The van der Waals surface area contributed by atoms with Gasteiger partial charge in [-0.15, -0.1) is 0 Å². The number of halogens is 1. The highest BCUT2D eigenvalue weighted by molar-refractivity contribution is 7.80. The van der Waals surface area contributed by atoms with Crippen molar-refractivity contribution in [2.75, 3.05) is 31.0 Å². The monoisotopic (exact) mass is 561 g/mol. The van der Waals surface area contributed by atoms with Crippen LogP contribution in [-0.4, -0.2) is 41.4 Å². The molecule has 3 heterocycles. The Balaban J connectivity index is 1.61. The summed E-state index contributed by atoms with van der Waals surface area (Å²) in [5, 5.41) is 7.20. The van der Waals surface area contributed by atoms with Crippen molar-refractivity contribution >= 4 is 46.2 Å². The molecule has 1 fully saturated rings. The maximum atomic E-state index is 12.1. The van der Waals surface area contributed by atoms with Gasteiger partial charge in [0, 0.05) is 36.1 Å². The predicted octanol–water partition coefficient (Wildman–Crippen LogP) is 5.60. The molecule has 0 spiro atoms. The second kappa shape index (κ2) is 11.4. The Kier molecular flexibility index (Phi) is 7.83. The molecule has 0 saturated carbocycles. The molecule has 2 unspecified atom stereocenters. The lowest BCUT2D eigenvalue weighted by atomic mass is 10.0. The highest BCUT2D eigenvalue weighted by atomic mass is 35.5. The molecule has 5 rings (SSSR count). The largest absolute Gasteiger partial charge is 0.497 e. The van der Waals surface area contributed by atoms with Crippen LogP contribution in [0.25, 0.3) is 5.69 Å². The fourth-order valence-electron chi connectivity index (χ4n) is 4.88. The van der Waals surface area contributed by atoms with E-state index in [-0.39, 0.29) is 24.6 Å². The first-order chi connectivity index (χ1) is 18.9. The number of nitrogens with one attached hydrogen (secondary N) is 2. The standard InChI is InChI=1S/C29H28ClN5O3S/c1-18-7-14-25(34(18)19-8-11-21(38-3)12-9-19)28-27(24-6-4-5-15-31-24)33-29(39)35(28)20-10-13-23(22(30)16-20)32-26(36)17-37-2/h4-16,27-28H,17H2,1-3H3,(H,32,36)(H,33,39). The lowest BCUT2D eigenvalue weighted by Crippen LogP contribution is -2.30. The number of thiocarbonyl (C=S) groups is 1. The number of benzene rings is 2. The van der Waals surface area contributed by atoms with Gasteiger partial charge in [0.1, 0.15) is 18.4 Å². The minimum Gasteiger partial charge on any atom is -0.497 e. The van der Waals surface area contributed by atoms with E-state index < -0.39 is 0 Å². The molecule has 0 aliphatic carbocycles. The minimum absolute atomic E-state index is 0.0618. The zero-order valence-corrected chi connectivity index (χ0v) is 23.3. The van der Waals surface area contributed by atoms with Crippen molar-refractivity contribution in [3.05, 3.63) is 101 Å². The molecule has 1 saturated heterocycles.